The molecular formula is C13H8Cl2N4O3. The molecule has 2 heterocycles. The number of anilines is 1. The third-order valence-electron chi connectivity index (χ3n) is 2.66. The van der Waals surface area contributed by atoms with Gasteiger partial charge in [-0.15, -0.1) is 5.10 Å². The number of rotatable bonds is 3. The molecule has 0 aliphatic rings. The van der Waals surface area contributed by atoms with Crippen molar-refractivity contribution in [3.8, 4) is 11.5 Å². The van der Waals surface area contributed by atoms with E-state index in [1.165, 1.54) is 6.07 Å². The molecule has 0 aliphatic heterocycles. The summed E-state index contributed by atoms with van der Waals surface area (Å²) in [7, 11) is 0. The van der Waals surface area contributed by atoms with E-state index < -0.39 is 5.91 Å². The lowest BCUT2D eigenvalue weighted by molar-refractivity contribution is 0.0985. The van der Waals surface area contributed by atoms with E-state index in [0.717, 1.165) is 0 Å². The first-order valence-electron chi connectivity index (χ1n) is 6.06. The fourth-order valence-corrected chi connectivity index (χ4v) is 2.04. The first-order chi connectivity index (χ1) is 10.5. The van der Waals surface area contributed by atoms with Crippen molar-refractivity contribution in [2.24, 2.45) is 0 Å². The van der Waals surface area contributed by atoms with E-state index in [1.54, 1.807) is 25.1 Å². The van der Waals surface area contributed by atoms with Gasteiger partial charge in [0.2, 0.25) is 5.76 Å². The molecule has 3 aromatic rings. The maximum absolute atomic E-state index is 11.9. The quantitative estimate of drug-likeness (QED) is 0.784. The van der Waals surface area contributed by atoms with Crippen LogP contribution in [-0.4, -0.2) is 21.3 Å². The summed E-state index contributed by atoms with van der Waals surface area (Å²) in [5.41, 5.74) is 1.06. The van der Waals surface area contributed by atoms with Crippen LogP contribution in [0.5, 0.6) is 0 Å². The van der Waals surface area contributed by atoms with E-state index in [-0.39, 0.29) is 17.7 Å². The lowest BCUT2D eigenvalue weighted by Gasteiger charge is -1.99. The highest BCUT2D eigenvalue weighted by Crippen LogP contribution is 2.30. The number of nitrogens with zero attached hydrogens (tertiary/aromatic N) is 3. The van der Waals surface area contributed by atoms with E-state index in [9.17, 15) is 4.79 Å². The summed E-state index contributed by atoms with van der Waals surface area (Å²) >= 11 is 11.9. The molecular weight excluding hydrogens is 331 g/mol. The topological polar surface area (TPSA) is 94.1 Å². The number of aromatic nitrogens is 3. The smallest absolute Gasteiger partial charge is 0.322 e. The highest BCUT2D eigenvalue weighted by molar-refractivity contribution is 6.35. The molecule has 0 spiro atoms. The van der Waals surface area contributed by atoms with Crippen molar-refractivity contribution in [2.75, 3.05) is 5.32 Å². The second-order valence-electron chi connectivity index (χ2n) is 4.32. The Labute approximate surface area is 134 Å². The maximum Gasteiger partial charge on any atom is 0.322 e. The van der Waals surface area contributed by atoms with E-state index in [4.69, 9.17) is 32.1 Å². The molecule has 0 unspecified atom stereocenters. The summed E-state index contributed by atoms with van der Waals surface area (Å²) in [6.45, 7) is 1.70. The molecule has 0 radical (unpaired) electrons. The van der Waals surface area contributed by atoms with Crippen LogP contribution in [0.15, 0.2) is 33.2 Å². The molecule has 9 heteroatoms. The Morgan fingerprint density at radius 2 is 2.05 bits per heavy atom. The van der Waals surface area contributed by atoms with E-state index in [1.807, 2.05) is 0 Å². The molecule has 0 saturated carbocycles. The largest absolute Gasteiger partial charge is 0.403 e. The van der Waals surface area contributed by atoms with Gasteiger partial charge in [-0.3, -0.25) is 10.1 Å². The van der Waals surface area contributed by atoms with Crippen molar-refractivity contribution in [3.05, 3.63) is 45.8 Å². The van der Waals surface area contributed by atoms with Gasteiger partial charge in [0.15, 0.2) is 0 Å². The van der Waals surface area contributed by atoms with Gasteiger partial charge in [0.1, 0.15) is 0 Å². The molecule has 2 aromatic heterocycles. The van der Waals surface area contributed by atoms with Crippen LogP contribution in [0.4, 0.5) is 6.01 Å². The molecule has 1 aromatic carbocycles. The van der Waals surface area contributed by atoms with Crippen LogP contribution in [0.2, 0.25) is 10.0 Å². The van der Waals surface area contributed by atoms with Crippen LogP contribution in [-0.2, 0) is 0 Å². The van der Waals surface area contributed by atoms with E-state index in [2.05, 4.69) is 20.7 Å². The molecule has 1 amide bonds. The van der Waals surface area contributed by atoms with Gasteiger partial charge < -0.3 is 8.94 Å². The summed E-state index contributed by atoms with van der Waals surface area (Å²) in [5.74, 6) is -0.373. The third-order valence-corrected chi connectivity index (χ3v) is 3.22. The Morgan fingerprint density at radius 1 is 1.23 bits per heavy atom. The van der Waals surface area contributed by atoms with Crippen LogP contribution in [0.1, 0.15) is 16.2 Å². The van der Waals surface area contributed by atoms with Crippen molar-refractivity contribution in [2.45, 2.75) is 6.92 Å². The number of hydrogen-bond donors (Lipinski definition) is 1. The van der Waals surface area contributed by atoms with Gasteiger partial charge in [0.25, 0.3) is 11.8 Å². The van der Waals surface area contributed by atoms with E-state index >= 15 is 0 Å². The number of benzene rings is 1. The molecule has 7 nitrogen and oxygen atoms in total. The van der Waals surface area contributed by atoms with Gasteiger partial charge in [0, 0.05) is 11.1 Å². The number of amides is 1. The van der Waals surface area contributed by atoms with Crippen molar-refractivity contribution in [3.63, 3.8) is 0 Å². The Balaban J connectivity index is 1.82. The van der Waals surface area contributed by atoms with Crippen LogP contribution in [0.3, 0.4) is 0 Å². The minimum Gasteiger partial charge on any atom is -0.403 e. The molecule has 0 bridgehead atoms. The van der Waals surface area contributed by atoms with Gasteiger partial charge in [-0.25, -0.2) is 0 Å². The SMILES string of the molecule is Cc1cc(C(=O)Nc2nnc(-c3cc(Cl)ccc3Cl)o2)on1. The molecule has 0 saturated heterocycles. The highest BCUT2D eigenvalue weighted by atomic mass is 35.5. The molecule has 0 atom stereocenters. The van der Waals surface area contributed by atoms with Crippen molar-refractivity contribution < 1.29 is 13.7 Å². The number of aryl methyl sites for hydroxylation is 1. The third kappa shape index (κ3) is 2.95. The molecule has 0 fully saturated rings. The molecule has 112 valence electrons. The number of nitrogens with one attached hydrogen (secondary N) is 1. The zero-order chi connectivity index (χ0) is 15.7. The normalized spacial score (nSPS) is 10.7. The van der Waals surface area contributed by atoms with Crippen LogP contribution in [0, 0.1) is 6.92 Å². The summed E-state index contributed by atoms with van der Waals surface area (Å²) in [6.07, 6.45) is 0. The monoisotopic (exact) mass is 338 g/mol. The first kappa shape index (κ1) is 14.6. The fourth-order valence-electron chi connectivity index (χ4n) is 1.67. The summed E-state index contributed by atoms with van der Waals surface area (Å²) in [5, 5.41) is 14.4. The number of carbonyl (C=O) groups excluding carboxylic acids is 1. The Hall–Kier alpha value is -2.38. The van der Waals surface area contributed by atoms with Gasteiger partial charge >= 0.3 is 6.01 Å². The summed E-state index contributed by atoms with van der Waals surface area (Å²) in [4.78, 5) is 11.9. The molecule has 0 aliphatic carbocycles. The summed E-state index contributed by atoms with van der Waals surface area (Å²) in [6, 6.07) is 6.23. The number of hydrogen-bond acceptors (Lipinski definition) is 6. The Bertz CT molecular complexity index is 843. The Morgan fingerprint density at radius 3 is 2.77 bits per heavy atom. The minimum absolute atomic E-state index is 0.0398. The standard InChI is InChI=1S/C13H8Cl2N4O3/c1-6-4-10(22-19-6)11(20)16-13-18-17-12(21-13)8-5-7(14)2-3-9(8)15/h2-5H,1H3,(H,16,18,20). The average Bonchev–Trinajstić information content (AvgIpc) is 3.11. The molecule has 3 rings (SSSR count). The van der Waals surface area contributed by atoms with Crippen molar-refractivity contribution >= 4 is 35.1 Å². The lowest BCUT2D eigenvalue weighted by atomic mass is 10.2. The van der Waals surface area contributed by atoms with Gasteiger partial charge in [0.05, 0.1) is 16.3 Å². The van der Waals surface area contributed by atoms with Gasteiger partial charge in [-0.05, 0) is 25.1 Å². The first-order valence-corrected chi connectivity index (χ1v) is 6.82. The fraction of sp³-hybridized carbons (Fsp3) is 0.0769. The zero-order valence-electron chi connectivity index (χ0n) is 11.1. The van der Waals surface area contributed by atoms with Gasteiger partial charge in [-0.2, -0.15) is 0 Å². The Kier molecular flexibility index (Phi) is 3.82. The second kappa shape index (κ2) is 5.78. The predicted molar refractivity (Wildman–Crippen MR) is 78.9 cm³/mol. The van der Waals surface area contributed by atoms with Gasteiger partial charge in [-0.1, -0.05) is 33.5 Å². The van der Waals surface area contributed by atoms with E-state index in [0.29, 0.717) is 21.3 Å². The summed E-state index contributed by atoms with van der Waals surface area (Å²) < 4.78 is 10.2. The minimum atomic E-state index is -0.548. The highest BCUT2D eigenvalue weighted by Gasteiger charge is 2.17. The number of halogens is 2. The van der Waals surface area contributed by atoms with Crippen LogP contribution >= 0.6 is 23.2 Å². The zero-order valence-corrected chi connectivity index (χ0v) is 12.6. The van der Waals surface area contributed by atoms with Crippen molar-refractivity contribution in [1.29, 1.82) is 0 Å². The molecule has 22 heavy (non-hydrogen) atoms. The van der Waals surface area contributed by atoms with Crippen LogP contribution in [0.25, 0.3) is 11.5 Å². The maximum atomic E-state index is 11.9. The van der Waals surface area contributed by atoms with Crippen molar-refractivity contribution in [1.82, 2.24) is 15.4 Å². The average molecular weight is 339 g/mol. The van der Waals surface area contributed by atoms with Crippen LogP contribution < -0.4 is 5.32 Å². The second-order valence-corrected chi connectivity index (χ2v) is 5.17. The predicted octanol–water partition coefficient (Wildman–Crippen LogP) is 3.59. The lowest BCUT2D eigenvalue weighted by Crippen LogP contribution is -2.11. The molecule has 1 N–H and O–H groups in total. The number of carbonyl (C=O) groups is 1.